The lowest BCUT2D eigenvalue weighted by Crippen LogP contribution is -2.37. The van der Waals surface area contributed by atoms with Crippen molar-refractivity contribution in [2.45, 2.75) is 51.8 Å². The highest BCUT2D eigenvalue weighted by Crippen LogP contribution is 2.15. The molecule has 0 saturated carbocycles. The highest BCUT2D eigenvalue weighted by molar-refractivity contribution is 6.16. The molecular weight excluding hydrogens is 294 g/mol. The van der Waals surface area contributed by atoms with Crippen molar-refractivity contribution in [1.29, 1.82) is 0 Å². The van der Waals surface area contributed by atoms with Gasteiger partial charge in [-0.1, -0.05) is 0 Å². The molecule has 2 heterocycles. The number of hydrogen-bond acceptors (Lipinski definition) is 4. The summed E-state index contributed by atoms with van der Waals surface area (Å²) in [6.45, 7) is 6.81. The molecule has 21 heavy (non-hydrogen) atoms. The van der Waals surface area contributed by atoms with Crippen LogP contribution in [0.4, 0.5) is 4.79 Å². The third kappa shape index (κ3) is 3.97. The number of aromatic nitrogens is 2. The van der Waals surface area contributed by atoms with Gasteiger partial charge in [0.15, 0.2) is 0 Å². The fourth-order valence-corrected chi connectivity index (χ4v) is 2.32. The first-order valence-corrected chi connectivity index (χ1v) is 7.47. The Morgan fingerprint density at radius 1 is 1.43 bits per heavy atom. The van der Waals surface area contributed by atoms with Crippen molar-refractivity contribution in [2.75, 3.05) is 6.54 Å². The van der Waals surface area contributed by atoms with E-state index in [2.05, 4.69) is 4.98 Å². The van der Waals surface area contributed by atoms with Gasteiger partial charge in [-0.25, -0.2) is 9.78 Å². The van der Waals surface area contributed by atoms with Gasteiger partial charge in [-0.2, -0.15) is 0 Å². The number of rotatable bonds is 1. The van der Waals surface area contributed by atoms with Crippen LogP contribution in [-0.2, 0) is 23.7 Å². The molecule has 0 aliphatic carbocycles. The fourth-order valence-electron chi connectivity index (χ4n) is 2.19. The summed E-state index contributed by atoms with van der Waals surface area (Å²) in [4.78, 5) is 30.2. The van der Waals surface area contributed by atoms with Crippen LogP contribution in [0.1, 0.15) is 38.7 Å². The number of alkyl halides is 1. The smallest absolute Gasteiger partial charge is 0.410 e. The molecule has 0 N–H and O–H groups in total. The number of amides is 1. The second-order valence-corrected chi connectivity index (χ2v) is 6.31. The summed E-state index contributed by atoms with van der Waals surface area (Å²) in [5.74, 6) is 0.733. The van der Waals surface area contributed by atoms with Gasteiger partial charge in [-0.3, -0.25) is 9.36 Å². The molecule has 0 atom stereocenters. The molecule has 2 rings (SSSR count). The molecule has 1 aromatic heterocycles. The van der Waals surface area contributed by atoms with Gasteiger partial charge in [0.2, 0.25) is 0 Å². The predicted molar refractivity (Wildman–Crippen MR) is 79.3 cm³/mol. The fraction of sp³-hybridized carbons (Fsp3) is 0.643. The van der Waals surface area contributed by atoms with Crippen LogP contribution in [0.15, 0.2) is 10.9 Å². The molecule has 116 valence electrons. The molecule has 0 unspecified atom stereocenters. The molecule has 1 aliphatic rings. The molecule has 7 heteroatoms. The van der Waals surface area contributed by atoms with E-state index in [-0.39, 0.29) is 24.1 Å². The standard InChI is InChI=1S/C14H20ClN3O3/c1-14(2,3)21-13(20)17-5-4-6-18-11(9-17)16-10(8-15)7-12(18)19/h7H,4-6,8-9H2,1-3H3. The Morgan fingerprint density at radius 3 is 2.76 bits per heavy atom. The number of nitrogens with zero attached hydrogens (tertiary/aromatic N) is 3. The van der Waals surface area contributed by atoms with Crippen molar-refractivity contribution >= 4 is 17.7 Å². The third-order valence-electron chi connectivity index (χ3n) is 3.07. The van der Waals surface area contributed by atoms with Crippen LogP contribution in [-0.4, -0.2) is 32.7 Å². The third-order valence-corrected chi connectivity index (χ3v) is 3.34. The van der Waals surface area contributed by atoms with Crippen molar-refractivity contribution in [3.05, 3.63) is 27.9 Å². The molecule has 0 aromatic carbocycles. The van der Waals surface area contributed by atoms with Crippen LogP contribution in [0.25, 0.3) is 0 Å². The van der Waals surface area contributed by atoms with E-state index >= 15 is 0 Å². The van der Waals surface area contributed by atoms with Gasteiger partial charge in [-0.15, -0.1) is 11.6 Å². The molecule has 0 spiro atoms. The number of halogens is 1. The Bertz CT molecular complexity index is 592. The van der Waals surface area contributed by atoms with Crippen LogP contribution >= 0.6 is 11.6 Å². The quantitative estimate of drug-likeness (QED) is 0.745. The van der Waals surface area contributed by atoms with E-state index in [9.17, 15) is 9.59 Å². The van der Waals surface area contributed by atoms with E-state index in [1.807, 2.05) is 20.8 Å². The van der Waals surface area contributed by atoms with Gasteiger partial charge >= 0.3 is 6.09 Å². The zero-order chi connectivity index (χ0) is 15.6. The first-order valence-electron chi connectivity index (χ1n) is 6.93. The highest BCUT2D eigenvalue weighted by atomic mass is 35.5. The zero-order valence-electron chi connectivity index (χ0n) is 12.6. The van der Waals surface area contributed by atoms with Crippen molar-refractivity contribution in [3.63, 3.8) is 0 Å². The Hall–Kier alpha value is -1.56. The van der Waals surface area contributed by atoms with Crippen LogP contribution < -0.4 is 5.56 Å². The van der Waals surface area contributed by atoms with Crippen molar-refractivity contribution < 1.29 is 9.53 Å². The largest absolute Gasteiger partial charge is 0.444 e. The first-order chi connectivity index (χ1) is 9.80. The summed E-state index contributed by atoms with van der Waals surface area (Å²) < 4.78 is 6.98. The van der Waals surface area contributed by atoms with Gasteiger partial charge in [-0.05, 0) is 27.2 Å². The Kier molecular flexibility index (Phi) is 4.56. The van der Waals surface area contributed by atoms with Crippen LogP contribution in [0.3, 0.4) is 0 Å². The van der Waals surface area contributed by atoms with Crippen LogP contribution in [0.2, 0.25) is 0 Å². The van der Waals surface area contributed by atoms with Gasteiger partial charge in [0.05, 0.1) is 18.1 Å². The van der Waals surface area contributed by atoms with E-state index in [4.69, 9.17) is 16.3 Å². The van der Waals surface area contributed by atoms with Crippen LogP contribution in [0, 0.1) is 0 Å². The van der Waals surface area contributed by atoms with Crippen molar-refractivity contribution in [2.24, 2.45) is 0 Å². The van der Waals surface area contributed by atoms with E-state index in [1.54, 1.807) is 9.47 Å². The molecule has 1 amide bonds. The zero-order valence-corrected chi connectivity index (χ0v) is 13.3. The number of fused-ring (bicyclic) bond motifs is 1. The molecule has 0 saturated heterocycles. The van der Waals surface area contributed by atoms with Gasteiger partial charge in [0.1, 0.15) is 11.4 Å². The summed E-state index contributed by atoms with van der Waals surface area (Å²) >= 11 is 5.75. The lowest BCUT2D eigenvalue weighted by Gasteiger charge is -2.26. The van der Waals surface area contributed by atoms with Gasteiger partial charge in [0, 0.05) is 19.2 Å². The SMILES string of the molecule is CC(C)(C)OC(=O)N1CCCn2c(nc(CCl)cc2=O)C1. The maximum atomic E-state index is 12.2. The van der Waals surface area contributed by atoms with Crippen LogP contribution in [0.5, 0.6) is 0 Å². The number of hydrogen-bond donors (Lipinski definition) is 0. The first kappa shape index (κ1) is 15.8. The molecule has 0 bridgehead atoms. The van der Waals surface area contributed by atoms with E-state index in [1.165, 1.54) is 6.07 Å². The maximum Gasteiger partial charge on any atom is 0.410 e. The summed E-state index contributed by atoms with van der Waals surface area (Å²) in [5.41, 5.74) is -0.144. The van der Waals surface area contributed by atoms with Crippen molar-refractivity contribution in [1.82, 2.24) is 14.5 Å². The summed E-state index contributed by atoms with van der Waals surface area (Å²) in [6, 6.07) is 1.44. The number of ether oxygens (including phenoxy) is 1. The molecule has 0 radical (unpaired) electrons. The lowest BCUT2D eigenvalue weighted by atomic mass is 10.2. The second-order valence-electron chi connectivity index (χ2n) is 6.04. The minimum absolute atomic E-state index is 0.123. The van der Waals surface area contributed by atoms with E-state index in [0.29, 0.717) is 31.0 Å². The Morgan fingerprint density at radius 2 is 2.14 bits per heavy atom. The van der Waals surface area contributed by atoms with Gasteiger partial charge < -0.3 is 9.64 Å². The molecule has 1 aliphatic heterocycles. The highest BCUT2D eigenvalue weighted by Gasteiger charge is 2.25. The van der Waals surface area contributed by atoms with Crippen molar-refractivity contribution in [3.8, 4) is 0 Å². The molecule has 1 aromatic rings. The van der Waals surface area contributed by atoms with Gasteiger partial charge in [0.25, 0.3) is 5.56 Å². The minimum atomic E-state index is -0.547. The Balaban J connectivity index is 2.26. The Labute approximate surface area is 128 Å². The monoisotopic (exact) mass is 313 g/mol. The molecule has 0 fully saturated rings. The minimum Gasteiger partial charge on any atom is -0.444 e. The molecule has 6 nitrogen and oxygen atoms in total. The van der Waals surface area contributed by atoms with E-state index in [0.717, 1.165) is 0 Å². The van der Waals surface area contributed by atoms with E-state index < -0.39 is 5.60 Å². The normalized spacial score (nSPS) is 15.3. The second kappa shape index (κ2) is 6.05. The summed E-state index contributed by atoms with van der Waals surface area (Å²) in [5, 5.41) is 0. The average Bonchev–Trinajstić information content (AvgIpc) is 2.59. The maximum absolute atomic E-state index is 12.2. The topological polar surface area (TPSA) is 64.4 Å². The number of carbonyl (C=O) groups is 1. The summed E-state index contributed by atoms with van der Waals surface area (Å²) in [7, 11) is 0. The predicted octanol–water partition coefficient (Wildman–Crippen LogP) is 2.12. The average molecular weight is 314 g/mol. The summed E-state index contributed by atoms with van der Waals surface area (Å²) in [6.07, 6.45) is 0.301. The lowest BCUT2D eigenvalue weighted by molar-refractivity contribution is 0.0234. The number of carbonyl (C=O) groups excluding carboxylic acids is 1. The molecular formula is C14H20ClN3O3.